The summed E-state index contributed by atoms with van der Waals surface area (Å²) in [4.78, 5) is 0. The average molecular weight is 226 g/mol. The average Bonchev–Trinajstić information content (AvgIpc) is 2.26. The maximum atomic E-state index is 2.43. The van der Waals surface area contributed by atoms with Gasteiger partial charge in [0.1, 0.15) is 0 Å². The lowest BCUT2D eigenvalue weighted by Crippen LogP contribution is -2.07. The summed E-state index contributed by atoms with van der Waals surface area (Å²) in [5, 5.41) is 0. The molecule has 4 atom stereocenters. The van der Waals surface area contributed by atoms with Crippen molar-refractivity contribution in [2.75, 3.05) is 0 Å². The van der Waals surface area contributed by atoms with Gasteiger partial charge in [-0.15, -0.1) is 0 Å². The Balaban J connectivity index is 3.62. The number of rotatable bonds is 9. The molecule has 0 heterocycles. The number of hydrogen-bond donors (Lipinski definition) is 0. The Bertz CT molecular complexity index is 132. The van der Waals surface area contributed by atoms with E-state index < -0.39 is 0 Å². The Morgan fingerprint density at radius 2 is 0.875 bits per heavy atom. The fourth-order valence-electron chi connectivity index (χ4n) is 2.51. The molecule has 0 nitrogen and oxygen atoms in total. The summed E-state index contributed by atoms with van der Waals surface area (Å²) < 4.78 is 0. The van der Waals surface area contributed by atoms with Gasteiger partial charge in [0, 0.05) is 0 Å². The number of hydrogen-bond acceptors (Lipinski definition) is 0. The summed E-state index contributed by atoms with van der Waals surface area (Å²) in [6, 6.07) is 0. The molecule has 0 aromatic rings. The lowest BCUT2D eigenvalue weighted by Gasteiger charge is -2.20. The molecule has 0 saturated heterocycles. The molecular formula is C16H34. The smallest absolute Gasteiger partial charge is 0.0440 e. The first-order valence-corrected chi connectivity index (χ1v) is 7.49. The highest BCUT2D eigenvalue weighted by Crippen LogP contribution is 2.24. The molecule has 0 fully saturated rings. The van der Waals surface area contributed by atoms with Crippen molar-refractivity contribution < 1.29 is 0 Å². The minimum Gasteiger partial charge on any atom is -0.0651 e. The van der Waals surface area contributed by atoms with Gasteiger partial charge in [-0.05, 0) is 36.5 Å². The summed E-state index contributed by atoms with van der Waals surface area (Å²) in [6.07, 6.45) is 8.39. The van der Waals surface area contributed by atoms with E-state index in [1.165, 1.54) is 38.5 Å². The zero-order valence-electron chi connectivity index (χ0n) is 12.6. The molecule has 0 N–H and O–H groups in total. The SMILES string of the molecule is CC[C@H](C)C[C@H](C)CC[C@@H](C)C[C@@H](C)CC. The Morgan fingerprint density at radius 1 is 0.562 bits per heavy atom. The Morgan fingerprint density at radius 3 is 1.12 bits per heavy atom. The molecule has 0 radical (unpaired) electrons. The maximum Gasteiger partial charge on any atom is -0.0440 e. The van der Waals surface area contributed by atoms with E-state index in [0.29, 0.717) is 0 Å². The monoisotopic (exact) mass is 226 g/mol. The Hall–Kier alpha value is 0. The van der Waals surface area contributed by atoms with Crippen LogP contribution in [0.1, 0.15) is 80.1 Å². The van der Waals surface area contributed by atoms with E-state index >= 15 is 0 Å². The van der Waals surface area contributed by atoms with Crippen molar-refractivity contribution >= 4 is 0 Å². The molecule has 98 valence electrons. The van der Waals surface area contributed by atoms with Crippen LogP contribution in [0.15, 0.2) is 0 Å². The summed E-state index contributed by atoms with van der Waals surface area (Å²) >= 11 is 0. The second kappa shape index (κ2) is 9.07. The van der Waals surface area contributed by atoms with Crippen molar-refractivity contribution in [3.8, 4) is 0 Å². The quantitative estimate of drug-likeness (QED) is 0.458. The Kier molecular flexibility index (Phi) is 9.07. The summed E-state index contributed by atoms with van der Waals surface area (Å²) in [7, 11) is 0. The highest BCUT2D eigenvalue weighted by Gasteiger charge is 2.11. The molecule has 0 aliphatic rings. The second-order valence-electron chi connectivity index (χ2n) is 6.29. The third kappa shape index (κ3) is 8.19. The van der Waals surface area contributed by atoms with Crippen molar-refractivity contribution in [3.63, 3.8) is 0 Å². The van der Waals surface area contributed by atoms with E-state index in [9.17, 15) is 0 Å². The third-order valence-corrected chi connectivity index (χ3v) is 4.16. The highest BCUT2D eigenvalue weighted by molar-refractivity contribution is 4.63. The molecule has 0 saturated carbocycles. The predicted molar refractivity (Wildman–Crippen MR) is 75.7 cm³/mol. The van der Waals surface area contributed by atoms with Gasteiger partial charge in [0.15, 0.2) is 0 Å². The normalized spacial score (nSPS) is 19.1. The van der Waals surface area contributed by atoms with Gasteiger partial charge in [-0.2, -0.15) is 0 Å². The summed E-state index contributed by atoms with van der Waals surface area (Å²) in [5.41, 5.74) is 0. The van der Waals surface area contributed by atoms with Gasteiger partial charge >= 0.3 is 0 Å². The minimum absolute atomic E-state index is 0.917. The lowest BCUT2D eigenvalue weighted by atomic mass is 9.86. The first-order valence-electron chi connectivity index (χ1n) is 7.49. The molecule has 0 aliphatic heterocycles. The molecule has 0 bridgehead atoms. The van der Waals surface area contributed by atoms with Crippen molar-refractivity contribution in [2.24, 2.45) is 23.7 Å². The maximum absolute atomic E-state index is 2.43. The first-order chi connectivity index (χ1) is 7.49. The fourth-order valence-corrected chi connectivity index (χ4v) is 2.51. The van der Waals surface area contributed by atoms with Gasteiger partial charge in [-0.3, -0.25) is 0 Å². The van der Waals surface area contributed by atoms with Crippen LogP contribution < -0.4 is 0 Å². The lowest BCUT2D eigenvalue weighted by molar-refractivity contribution is 0.324. The third-order valence-electron chi connectivity index (χ3n) is 4.16. The summed E-state index contributed by atoms with van der Waals surface area (Å²) in [6.45, 7) is 14.3. The van der Waals surface area contributed by atoms with E-state index in [2.05, 4.69) is 41.5 Å². The van der Waals surface area contributed by atoms with Crippen LogP contribution >= 0.6 is 0 Å². The zero-order valence-corrected chi connectivity index (χ0v) is 12.6. The predicted octanol–water partition coefficient (Wildman–Crippen LogP) is 5.91. The molecule has 16 heavy (non-hydrogen) atoms. The van der Waals surface area contributed by atoms with Gasteiger partial charge in [0.25, 0.3) is 0 Å². The van der Waals surface area contributed by atoms with Gasteiger partial charge in [-0.25, -0.2) is 0 Å². The van der Waals surface area contributed by atoms with Crippen LogP contribution in [0.3, 0.4) is 0 Å². The van der Waals surface area contributed by atoms with Crippen LogP contribution in [0.4, 0.5) is 0 Å². The molecule has 0 aromatic carbocycles. The zero-order chi connectivity index (χ0) is 12.6. The van der Waals surface area contributed by atoms with Crippen LogP contribution in [-0.4, -0.2) is 0 Å². The highest BCUT2D eigenvalue weighted by atomic mass is 14.2. The summed E-state index contributed by atoms with van der Waals surface area (Å²) in [5.74, 6) is 3.68. The largest absolute Gasteiger partial charge is 0.0651 e. The van der Waals surface area contributed by atoms with E-state index in [4.69, 9.17) is 0 Å². The van der Waals surface area contributed by atoms with Gasteiger partial charge in [-0.1, -0.05) is 67.2 Å². The van der Waals surface area contributed by atoms with E-state index in [0.717, 1.165) is 23.7 Å². The van der Waals surface area contributed by atoms with E-state index in [1.54, 1.807) is 0 Å². The van der Waals surface area contributed by atoms with Crippen LogP contribution in [0, 0.1) is 23.7 Å². The van der Waals surface area contributed by atoms with Gasteiger partial charge < -0.3 is 0 Å². The van der Waals surface area contributed by atoms with Crippen molar-refractivity contribution in [1.29, 1.82) is 0 Å². The second-order valence-corrected chi connectivity index (χ2v) is 6.29. The van der Waals surface area contributed by atoms with Gasteiger partial charge in [0.2, 0.25) is 0 Å². The van der Waals surface area contributed by atoms with Crippen molar-refractivity contribution in [3.05, 3.63) is 0 Å². The first kappa shape index (κ1) is 16.0. The van der Waals surface area contributed by atoms with E-state index in [1.807, 2.05) is 0 Å². The molecular weight excluding hydrogens is 192 g/mol. The molecule has 0 aromatic heterocycles. The van der Waals surface area contributed by atoms with Crippen molar-refractivity contribution in [2.45, 2.75) is 80.1 Å². The van der Waals surface area contributed by atoms with Crippen LogP contribution in [0.2, 0.25) is 0 Å². The molecule has 0 heteroatoms. The fraction of sp³-hybridized carbons (Fsp3) is 1.00. The molecule has 0 amide bonds. The molecule has 0 unspecified atom stereocenters. The standard InChI is InChI=1S/C16H34/c1-7-13(3)11-15(5)9-10-16(6)12-14(4)8-2/h13-16H,7-12H2,1-6H3/t13-,14-,15+,16+/m0/s1. The molecule has 0 spiro atoms. The molecule has 0 rings (SSSR count). The van der Waals surface area contributed by atoms with Crippen LogP contribution in [0.25, 0.3) is 0 Å². The topological polar surface area (TPSA) is 0 Å². The van der Waals surface area contributed by atoms with Crippen molar-refractivity contribution in [1.82, 2.24) is 0 Å². The van der Waals surface area contributed by atoms with E-state index in [-0.39, 0.29) is 0 Å². The van der Waals surface area contributed by atoms with Gasteiger partial charge in [0.05, 0.1) is 0 Å². The minimum atomic E-state index is 0.917. The van der Waals surface area contributed by atoms with Crippen LogP contribution in [-0.2, 0) is 0 Å². The Labute approximate surface area is 104 Å². The molecule has 0 aliphatic carbocycles. The van der Waals surface area contributed by atoms with Crippen LogP contribution in [0.5, 0.6) is 0 Å².